The van der Waals surface area contributed by atoms with Crippen molar-refractivity contribution < 1.29 is 19.4 Å². The molecule has 0 radical (unpaired) electrons. The molecular weight excluding hydrogens is 262 g/mol. The van der Waals surface area contributed by atoms with Crippen LogP contribution < -0.4 is 9.47 Å². The molecule has 7 nitrogen and oxygen atoms in total. The van der Waals surface area contributed by atoms with Gasteiger partial charge < -0.3 is 14.6 Å². The standard InChI is InChI=1S/C13H15N3O4/c1-3-13(4-2,12(17)18)16-9-6-11-10(19-7-20-11)5-8(9)14-15-16/h5-6H,3-4,7H2,1-2H3,(H,17,18). The minimum atomic E-state index is -1.09. The van der Waals surface area contributed by atoms with E-state index in [1.165, 1.54) is 4.68 Å². The summed E-state index contributed by atoms with van der Waals surface area (Å²) in [6, 6.07) is 3.46. The van der Waals surface area contributed by atoms with Crippen molar-refractivity contribution in [3.8, 4) is 11.5 Å². The Morgan fingerprint density at radius 3 is 2.60 bits per heavy atom. The third-order valence-electron chi connectivity index (χ3n) is 3.91. The van der Waals surface area contributed by atoms with Crippen molar-refractivity contribution in [3.63, 3.8) is 0 Å². The van der Waals surface area contributed by atoms with Gasteiger partial charge in [0.1, 0.15) is 5.52 Å². The number of hydrogen-bond donors (Lipinski definition) is 1. The monoisotopic (exact) mass is 277 g/mol. The van der Waals surface area contributed by atoms with Gasteiger partial charge in [0.05, 0.1) is 5.52 Å². The summed E-state index contributed by atoms with van der Waals surface area (Å²) in [4.78, 5) is 11.7. The number of rotatable bonds is 4. The molecule has 0 saturated carbocycles. The van der Waals surface area contributed by atoms with E-state index in [-0.39, 0.29) is 6.79 Å². The molecule has 0 aliphatic carbocycles. The molecule has 0 unspecified atom stereocenters. The summed E-state index contributed by atoms with van der Waals surface area (Å²) in [6.07, 6.45) is 0.845. The summed E-state index contributed by atoms with van der Waals surface area (Å²) in [5.74, 6) is 0.290. The summed E-state index contributed by atoms with van der Waals surface area (Å²) in [5.41, 5.74) is 0.143. The Bertz CT molecular complexity index is 676. The highest BCUT2D eigenvalue weighted by Gasteiger charge is 2.39. The zero-order valence-electron chi connectivity index (χ0n) is 11.3. The van der Waals surface area contributed by atoms with Crippen LogP contribution in [0.2, 0.25) is 0 Å². The lowest BCUT2D eigenvalue weighted by atomic mass is 9.93. The first-order chi connectivity index (χ1) is 9.62. The van der Waals surface area contributed by atoms with Gasteiger partial charge in [-0.05, 0) is 12.8 Å². The molecule has 3 rings (SSSR count). The average Bonchev–Trinajstić information content (AvgIpc) is 3.04. The van der Waals surface area contributed by atoms with Crippen molar-refractivity contribution in [3.05, 3.63) is 12.1 Å². The highest BCUT2D eigenvalue weighted by atomic mass is 16.7. The molecule has 0 fully saturated rings. The second-order valence-electron chi connectivity index (χ2n) is 4.74. The number of carboxylic acids is 1. The van der Waals surface area contributed by atoms with Gasteiger partial charge in [-0.3, -0.25) is 0 Å². The van der Waals surface area contributed by atoms with Crippen LogP contribution in [0.1, 0.15) is 26.7 Å². The first-order valence-electron chi connectivity index (χ1n) is 6.51. The van der Waals surface area contributed by atoms with Crippen LogP contribution in [-0.4, -0.2) is 32.9 Å². The van der Waals surface area contributed by atoms with Crippen LogP contribution in [0.15, 0.2) is 12.1 Å². The molecule has 1 aliphatic rings. The van der Waals surface area contributed by atoms with Crippen molar-refractivity contribution in [1.29, 1.82) is 0 Å². The van der Waals surface area contributed by atoms with Gasteiger partial charge in [0, 0.05) is 12.1 Å². The second-order valence-corrected chi connectivity index (χ2v) is 4.74. The Balaban J connectivity index is 2.23. The molecule has 2 aromatic rings. The third-order valence-corrected chi connectivity index (χ3v) is 3.91. The Morgan fingerprint density at radius 2 is 2.00 bits per heavy atom. The van der Waals surface area contributed by atoms with E-state index in [1.54, 1.807) is 12.1 Å². The van der Waals surface area contributed by atoms with E-state index in [0.29, 0.717) is 35.4 Å². The van der Waals surface area contributed by atoms with Gasteiger partial charge in [0.25, 0.3) is 0 Å². The van der Waals surface area contributed by atoms with Crippen LogP contribution in [0.4, 0.5) is 0 Å². The number of fused-ring (bicyclic) bond motifs is 2. The highest BCUT2D eigenvalue weighted by Crippen LogP contribution is 2.37. The molecule has 106 valence electrons. The predicted molar refractivity (Wildman–Crippen MR) is 69.8 cm³/mol. The molecule has 0 bridgehead atoms. The number of nitrogens with zero attached hydrogens (tertiary/aromatic N) is 3. The smallest absolute Gasteiger partial charge is 0.331 e. The van der Waals surface area contributed by atoms with Crippen molar-refractivity contribution in [2.75, 3.05) is 6.79 Å². The number of carboxylic acid groups (broad SMARTS) is 1. The van der Waals surface area contributed by atoms with E-state index in [2.05, 4.69) is 10.3 Å². The molecule has 0 spiro atoms. The molecule has 0 atom stereocenters. The fourth-order valence-electron chi connectivity index (χ4n) is 2.57. The Morgan fingerprint density at radius 1 is 1.35 bits per heavy atom. The third kappa shape index (κ3) is 1.55. The summed E-state index contributed by atoms with van der Waals surface area (Å²) >= 11 is 0. The lowest BCUT2D eigenvalue weighted by Crippen LogP contribution is -2.41. The van der Waals surface area contributed by atoms with Crippen LogP contribution in [0.3, 0.4) is 0 Å². The first-order valence-corrected chi connectivity index (χ1v) is 6.51. The van der Waals surface area contributed by atoms with E-state index in [9.17, 15) is 9.90 Å². The number of ether oxygens (including phenoxy) is 2. The number of hydrogen-bond acceptors (Lipinski definition) is 5. The normalized spacial score (nSPS) is 13.9. The van der Waals surface area contributed by atoms with Gasteiger partial charge in [-0.1, -0.05) is 19.1 Å². The van der Waals surface area contributed by atoms with Gasteiger partial charge in [-0.25, -0.2) is 9.48 Å². The van der Waals surface area contributed by atoms with Gasteiger partial charge in [-0.15, -0.1) is 5.10 Å². The van der Waals surface area contributed by atoms with Crippen LogP contribution in [0.5, 0.6) is 11.5 Å². The minimum Gasteiger partial charge on any atom is -0.479 e. The molecule has 2 heterocycles. The maximum atomic E-state index is 11.7. The molecule has 1 aliphatic heterocycles. The van der Waals surface area contributed by atoms with E-state index in [1.807, 2.05) is 13.8 Å². The second kappa shape index (κ2) is 4.36. The van der Waals surface area contributed by atoms with Crippen molar-refractivity contribution in [2.45, 2.75) is 32.2 Å². The highest BCUT2D eigenvalue weighted by molar-refractivity contribution is 5.84. The number of benzene rings is 1. The lowest BCUT2D eigenvalue weighted by molar-refractivity contribution is -0.148. The van der Waals surface area contributed by atoms with Crippen LogP contribution in [0, 0.1) is 0 Å². The Kier molecular flexibility index (Phi) is 2.77. The lowest BCUT2D eigenvalue weighted by Gasteiger charge is -2.27. The molecule has 0 amide bonds. The summed E-state index contributed by atoms with van der Waals surface area (Å²) in [5, 5.41) is 17.7. The minimum absolute atomic E-state index is 0.168. The van der Waals surface area contributed by atoms with Gasteiger partial charge in [0.2, 0.25) is 6.79 Å². The van der Waals surface area contributed by atoms with Gasteiger partial charge in [0.15, 0.2) is 17.0 Å². The predicted octanol–water partition coefficient (Wildman–Crippen LogP) is 1.76. The molecule has 20 heavy (non-hydrogen) atoms. The molecular formula is C13H15N3O4. The van der Waals surface area contributed by atoms with E-state index < -0.39 is 11.5 Å². The summed E-state index contributed by atoms with van der Waals surface area (Å²) in [7, 11) is 0. The molecule has 1 aromatic carbocycles. The first kappa shape index (κ1) is 12.7. The molecule has 0 saturated heterocycles. The SMILES string of the molecule is CCC(CC)(C(=O)O)n1nnc2cc3c(cc21)OCO3. The number of carbonyl (C=O) groups is 1. The largest absolute Gasteiger partial charge is 0.479 e. The zero-order valence-corrected chi connectivity index (χ0v) is 11.3. The van der Waals surface area contributed by atoms with E-state index in [4.69, 9.17) is 9.47 Å². The summed E-state index contributed by atoms with van der Waals surface area (Å²) in [6.45, 7) is 3.83. The fourth-order valence-corrected chi connectivity index (χ4v) is 2.57. The van der Waals surface area contributed by atoms with Gasteiger partial charge in [-0.2, -0.15) is 0 Å². The molecule has 1 aromatic heterocycles. The topological polar surface area (TPSA) is 86.5 Å². The van der Waals surface area contributed by atoms with Gasteiger partial charge >= 0.3 is 5.97 Å². The maximum Gasteiger partial charge on any atom is 0.331 e. The van der Waals surface area contributed by atoms with Crippen LogP contribution >= 0.6 is 0 Å². The van der Waals surface area contributed by atoms with Crippen LogP contribution in [0.25, 0.3) is 11.0 Å². The number of aliphatic carboxylic acids is 1. The average molecular weight is 277 g/mol. The van der Waals surface area contributed by atoms with Crippen molar-refractivity contribution in [1.82, 2.24) is 15.0 Å². The quantitative estimate of drug-likeness (QED) is 0.916. The van der Waals surface area contributed by atoms with E-state index in [0.717, 1.165) is 0 Å². The molecule has 7 heteroatoms. The Labute approximate surface area is 115 Å². The Hall–Kier alpha value is -2.31. The summed E-state index contributed by atoms with van der Waals surface area (Å²) < 4.78 is 12.1. The maximum absolute atomic E-state index is 11.7. The fraction of sp³-hybridized carbons (Fsp3) is 0.462. The zero-order chi connectivity index (χ0) is 14.3. The van der Waals surface area contributed by atoms with Crippen molar-refractivity contribution in [2.24, 2.45) is 0 Å². The number of aromatic nitrogens is 3. The molecule has 1 N–H and O–H groups in total. The van der Waals surface area contributed by atoms with Crippen molar-refractivity contribution >= 4 is 17.0 Å². The van der Waals surface area contributed by atoms with Crippen LogP contribution in [-0.2, 0) is 10.3 Å². The van der Waals surface area contributed by atoms with E-state index >= 15 is 0 Å².